The van der Waals surface area contributed by atoms with Crippen LogP contribution in [0.15, 0.2) is 31.9 Å². The number of fused-ring (bicyclic) bond motifs is 4. The maximum absolute atomic E-state index is 13.5. The Morgan fingerprint density at radius 2 is 1.45 bits per heavy atom. The first-order valence-corrected chi connectivity index (χ1v) is 9.32. The molecule has 1 aliphatic rings. The number of hydrogen-bond donors (Lipinski definition) is 0. The van der Waals surface area contributed by atoms with Gasteiger partial charge in [0.2, 0.25) is 5.78 Å². The second kappa shape index (κ2) is 6.73. The van der Waals surface area contributed by atoms with Crippen molar-refractivity contribution in [1.82, 2.24) is 0 Å². The lowest BCUT2D eigenvalue weighted by molar-refractivity contribution is 0.0976. The van der Waals surface area contributed by atoms with Crippen LogP contribution in [-0.2, 0) is 0 Å². The fourth-order valence-electron chi connectivity index (χ4n) is 3.61. The molecule has 7 nitrogen and oxygen atoms in total. The number of aryl methyl sites for hydroxylation is 1. The molecule has 0 fully saturated rings. The van der Waals surface area contributed by atoms with Crippen molar-refractivity contribution in [1.29, 1.82) is 0 Å². The molecule has 0 unspecified atom stereocenters. The SMILES string of the molecule is COc1cc2c(c(OC)c1Br)C(=O)c1c(cc(OC)c3c(=O)cc(C)oc13)C2=O. The lowest BCUT2D eigenvalue weighted by atomic mass is 9.82. The number of benzene rings is 2. The van der Waals surface area contributed by atoms with Crippen molar-refractivity contribution >= 4 is 38.5 Å². The van der Waals surface area contributed by atoms with Crippen molar-refractivity contribution in [3.8, 4) is 17.2 Å². The van der Waals surface area contributed by atoms with Crippen molar-refractivity contribution in [3.63, 3.8) is 0 Å². The molecule has 1 aliphatic carbocycles. The standard InChI is InChI=1S/C21H15BrO7/c1-8-5-11(23)16-12(26-2)6-9-14(20(16)29-8)19(25)15-10(18(9)24)7-13(27-3)17(22)21(15)28-4/h5-7H,1-4H3. The molecular weight excluding hydrogens is 444 g/mol. The number of halogens is 1. The van der Waals surface area contributed by atoms with Gasteiger partial charge in [-0.15, -0.1) is 0 Å². The molecular formula is C21H15BrO7. The summed E-state index contributed by atoms with van der Waals surface area (Å²) in [6.45, 7) is 1.60. The van der Waals surface area contributed by atoms with Crippen LogP contribution in [0.5, 0.6) is 17.2 Å². The van der Waals surface area contributed by atoms with E-state index in [0.29, 0.717) is 16.0 Å². The minimum absolute atomic E-state index is 0.00877. The number of ether oxygens (including phenoxy) is 3. The second-order valence-electron chi connectivity index (χ2n) is 6.43. The molecule has 0 radical (unpaired) electrons. The van der Waals surface area contributed by atoms with Gasteiger partial charge in [-0.25, -0.2) is 0 Å². The van der Waals surface area contributed by atoms with Crippen LogP contribution in [0.3, 0.4) is 0 Å². The van der Waals surface area contributed by atoms with Gasteiger partial charge in [-0.1, -0.05) is 0 Å². The average molecular weight is 459 g/mol. The summed E-state index contributed by atoms with van der Waals surface area (Å²) in [5, 5.41) is 0.105. The Labute approximate surface area is 173 Å². The molecule has 8 heteroatoms. The number of rotatable bonds is 3. The van der Waals surface area contributed by atoms with Crippen LogP contribution in [0.2, 0.25) is 0 Å². The summed E-state index contributed by atoms with van der Waals surface area (Å²) in [6, 6.07) is 4.19. The minimum Gasteiger partial charge on any atom is -0.496 e. The number of carbonyl (C=O) groups is 2. The van der Waals surface area contributed by atoms with Gasteiger partial charge in [0.1, 0.15) is 32.9 Å². The number of hydrogen-bond acceptors (Lipinski definition) is 7. The molecule has 0 bridgehead atoms. The fraction of sp³-hybridized carbons (Fsp3) is 0.190. The topological polar surface area (TPSA) is 92.0 Å². The van der Waals surface area contributed by atoms with Crippen molar-refractivity contribution in [2.75, 3.05) is 21.3 Å². The van der Waals surface area contributed by atoms with Gasteiger partial charge in [0.15, 0.2) is 16.8 Å². The van der Waals surface area contributed by atoms with E-state index in [0.717, 1.165) is 0 Å². The second-order valence-corrected chi connectivity index (χ2v) is 7.23. The fourth-order valence-corrected chi connectivity index (χ4v) is 4.24. The van der Waals surface area contributed by atoms with Crippen molar-refractivity contribution in [2.45, 2.75) is 6.92 Å². The number of methoxy groups -OCH3 is 3. The van der Waals surface area contributed by atoms with Crippen LogP contribution in [-0.4, -0.2) is 32.9 Å². The van der Waals surface area contributed by atoms with E-state index < -0.39 is 11.6 Å². The lowest BCUT2D eigenvalue weighted by Crippen LogP contribution is -2.23. The first-order chi connectivity index (χ1) is 13.8. The van der Waals surface area contributed by atoms with E-state index in [1.807, 2.05) is 0 Å². The zero-order valence-electron chi connectivity index (χ0n) is 16.0. The highest BCUT2D eigenvalue weighted by Gasteiger charge is 2.38. The van der Waals surface area contributed by atoms with E-state index in [1.54, 1.807) is 6.92 Å². The maximum Gasteiger partial charge on any atom is 0.202 e. The van der Waals surface area contributed by atoms with Gasteiger partial charge in [0.05, 0.1) is 32.5 Å². The molecule has 0 atom stereocenters. The lowest BCUT2D eigenvalue weighted by Gasteiger charge is -2.23. The third-order valence-electron chi connectivity index (χ3n) is 4.86. The van der Waals surface area contributed by atoms with E-state index >= 15 is 0 Å². The summed E-state index contributed by atoms with van der Waals surface area (Å²) < 4.78 is 22.2. The van der Waals surface area contributed by atoms with E-state index in [-0.39, 0.29) is 50.2 Å². The molecule has 2 aromatic carbocycles. The zero-order chi connectivity index (χ0) is 21.0. The van der Waals surface area contributed by atoms with E-state index in [1.165, 1.54) is 39.5 Å². The number of carbonyl (C=O) groups excluding carboxylic acids is 2. The van der Waals surface area contributed by atoms with Crippen LogP contribution in [0.4, 0.5) is 0 Å². The van der Waals surface area contributed by atoms with Crippen LogP contribution in [0, 0.1) is 6.92 Å². The first kappa shape index (κ1) is 19.2. The normalized spacial score (nSPS) is 12.6. The summed E-state index contributed by atoms with van der Waals surface area (Å²) in [6.07, 6.45) is 0. The molecule has 148 valence electrons. The molecule has 3 aromatic rings. The van der Waals surface area contributed by atoms with Crippen molar-refractivity contribution < 1.29 is 28.2 Å². The predicted molar refractivity (Wildman–Crippen MR) is 108 cm³/mol. The first-order valence-electron chi connectivity index (χ1n) is 8.53. The maximum atomic E-state index is 13.5. The van der Waals surface area contributed by atoms with Crippen molar-refractivity contribution in [3.05, 3.63) is 60.9 Å². The van der Waals surface area contributed by atoms with Gasteiger partial charge in [-0.3, -0.25) is 14.4 Å². The van der Waals surface area contributed by atoms with E-state index in [4.69, 9.17) is 18.6 Å². The quantitative estimate of drug-likeness (QED) is 0.462. The third kappa shape index (κ3) is 2.59. The molecule has 1 heterocycles. The van der Waals surface area contributed by atoms with Crippen molar-refractivity contribution in [2.24, 2.45) is 0 Å². The van der Waals surface area contributed by atoms with Crippen LogP contribution >= 0.6 is 15.9 Å². The monoisotopic (exact) mass is 458 g/mol. The molecule has 0 amide bonds. The molecule has 1 aromatic heterocycles. The van der Waals surface area contributed by atoms with Gasteiger partial charge in [-0.2, -0.15) is 0 Å². The minimum atomic E-state index is -0.490. The van der Waals surface area contributed by atoms with Gasteiger partial charge in [0.25, 0.3) is 0 Å². The summed E-state index contributed by atoms with van der Waals surface area (Å²) in [7, 11) is 4.22. The summed E-state index contributed by atoms with van der Waals surface area (Å²) in [5.74, 6) is 0.0712. The van der Waals surface area contributed by atoms with Crippen LogP contribution < -0.4 is 19.6 Å². The van der Waals surface area contributed by atoms with Gasteiger partial charge >= 0.3 is 0 Å². The summed E-state index contributed by atoms with van der Waals surface area (Å²) >= 11 is 3.36. The van der Waals surface area contributed by atoms with E-state index in [2.05, 4.69) is 15.9 Å². The molecule has 0 spiro atoms. The molecule has 0 saturated carbocycles. The van der Waals surface area contributed by atoms with Gasteiger partial charge in [-0.05, 0) is 35.0 Å². The predicted octanol–water partition coefficient (Wildman–Crippen LogP) is 3.67. The van der Waals surface area contributed by atoms with Gasteiger partial charge < -0.3 is 18.6 Å². The highest BCUT2D eigenvalue weighted by Crippen LogP contribution is 2.45. The molecule has 4 rings (SSSR count). The highest BCUT2D eigenvalue weighted by atomic mass is 79.9. The molecule has 0 saturated heterocycles. The Morgan fingerprint density at radius 3 is 2.07 bits per heavy atom. The Bertz CT molecular complexity index is 1290. The average Bonchev–Trinajstić information content (AvgIpc) is 2.70. The highest BCUT2D eigenvalue weighted by molar-refractivity contribution is 9.10. The largest absolute Gasteiger partial charge is 0.496 e. The third-order valence-corrected chi connectivity index (χ3v) is 5.61. The number of ketones is 2. The smallest absolute Gasteiger partial charge is 0.202 e. The Morgan fingerprint density at radius 1 is 0.828 bits per heavy atom. The molecule has 0 aliphatic heterocycles. The van der Waals surface area contributed by atoms with E-state index in [9.17, 15) is 14.4 Å². The molecule has 29 heavy (non-hydrogen) atoms. The summed E-state index contributed by atoms with van der Waals surface area (Å²) in [5.41, 5.74) is -0.0368. The Hall–Kier alpha value is -3.13. The van der Waals surface area contributed by atoms with Gasteiger partial charge in [0, 0.05) is 17.2 Å². The summed E-state index contributed by atoms with van der Waals surface area (Å²) in [4.78, 5) is 39.4. The zero-order valence-corrected chi connectivity index (χ0v) is 17.6. The Balaban J connectivity index is 2.18. The Kier molecular flexibility index (Phi) is 4.46. The van der Waals surface area contributed by atoms with Crippen LogP contribution in [0.1, 0.15) is 37.6 Å². The molecule has 0 N–H and O–H groups in total. The van der Waals surface area contributed by atoms with Crippen LogP contribution in [0.25, 0.3) is 11.0 Å².